The van der Waals surface area contributed by atoms with Crippen molar-refractivity contribution < 1.29 is 14.6 Å². The molecule has 0 aliphatic carbocycles. The summed E-state index contributed by atoms with van der Waals surface area (Å²) in [6, 6.07) is 16.8. The van der Waals surface area contributed by atoms with E-state index in [2.05, 4.69) is 4.98 Å². The van der Waals surface area contributed by atoms with Crippen molar-refractivity contribution in [3.8, 4) is 5.88 Å². The van der Waals surface area contributed by atoms with Crippen LogP contribution in [0.25, 0.3) is 10.8 Å². The maximum absolute atomic E-state index is 11.6. The van der Waals surface area contributed by atoms with Crippen molar-refractivity contribution in [2.75, 3.05) is 6.61 Å². The lowest BCUT2D eigenvalue weighted by atomic mass is 10.1. The molecule has 138 valence electrons. The molecule has 3 N–H and O–H groups in total. The number of halogens is 2. The Hall–Kier alpha value is -2.34. The maximum atomic E-state index is 11.6. The minimum absolute atomic E-state index is 0. The number of hydrogen-bond acceptors (Lipinski definition) is 4. The number of carbonyl (C=O) groups is 1. The summed E-state index contributed by atoms with van der Waals surface area (Å²) in [5, 5.41) is 10.9. The van der Waals surface area contributed by atoms with Crippen LogP contribution in [0.5, 0.6) is 5.88 Å². The van der Waals surface area contributed by atoms with Gasteiger partial charge in [-0.05, 0) is 12.0 Å². The summed E-state index contributed by atoms with van der Waals surface area (Å²) < 4.78 is 5.62. The number of rotatable bonds is 6. The minimum Gasteiger partial charge on any atom is -0.477 e. The van der Waals surface area contributed by atoms with Gasteiger partial charge in [-0.1, -0.05) is 54.6 Å². The zero-order valence-corrected chi connectivity index (χ0v) is 15.5. The van der Waals surface area contributed by atoms with Crippen LogP contribution in [0.3, 0.4) is 0 Å². The third-order valence-electron chi connectivity index (χ3n) is 3.75. The number of pyridine rings is 1. The molecule has 7 heteroatoms. The minimum atomic E-state index is -1.06. The van der Waals surface area contributed by atoms with Gasteiger partial charge in [-0.15, -0.1) is 24.8 Å². The van der Waals surface area contributed by atoms with Crippen LogP contribution >= 0.6 is 24.8 Å². The van der Waals surface area contributed by atoms with Gasteiger partial charge in [0.1, 0.15) is 12.2 Å². The summed E-state index contributed by atoms with van der Waals surface area (Å²) in [6.45, 7) is 0.195. The molecule has 1 heterocycles. The van der Waals surface area contributed by atoms with E-state index in [-0.39, 0.29) is 48.9 Å². The first-order valence-corrected chi connectivity index (χ1v) is 7.68. The molecule has 3 rings (SSSR count). The summed E-state index contributed by atoms with van der Waals surface area (Å²) in [5.74, 6) is -0.962. The molecule has 0 fully saturated rings. The number of nitrogens with zero attached hydrogens (tertiary/aromatic N) is 1. The van der Waals surface area contributed by atoms with Gasteiger partial charge in [0.05, 0.1) is 0 Å². The van der Waals surface area contributed by atoms with Crippen molar-refractivity contribution >= 4 is 41.6 Å². The summed E-state index contributed by atoms with van der Waals surface area (Å²) in [6.07, 6.45) is 2.26. The van der Waals surface area contributed by atoms with Gasteiger partial charge in [-0.2, -0.15) is 0 Å². The second-order valence-corrected chi connectivity index (χ2v) is 5.59. The number of aromatic nitrogens is 1. The number of carboxylic acid groups (broad SMARTS) is 1. The molecule has 0 bridgehead atoms. The molecule has 2 aromatic carbocycles. The first kappa shape index (κ1) is 21.7. The van der Waals surface area contributed by atoms with E-state index in [1.54, 1.807) is 18.3 Å². The topological polar surface area (TPSA) is 85.4 Å². The van der Waals surface area contributed by atoms with Crippen LogP contribution in [0, 0.1) is 0 Å². The van der Waals surface area contributed by atoms with Gasteiger partial charge in [-0.25, -0.2) is 9.78 Å². The van der Waals surface area contributed by atoms with Crippen molar-refractivity contribution in [2.24, 2.45) is 5.73 Å². The number of carboxylic acids is 1. The summed E-state index contributed by atoms with van der Waals surface area (Å²) in [5.41, 5.74) is 7.27. The van der Waals surface area contributed by atoms with Crippen LogP contribution in [-0.2, 0) is 6.42 Å². The Kier molecular flexibility index (Phi) is 8.32. The van der Waals surface area contributed by atoms with E-state index in [1.807, 2.05) is 42.5 Å². The summed E-state index contributed by atoms with van der Waals surface area (Å²) >= 11 is 0. The van der Waals surface area contributed by atoms with Gasteiger partial charge in [0.2, 0.25) is 5.88 Å². The number of fused-ring (bicyclic) bond motifs is 1. The predicted molar refractivity (Wildman–Crippen MR) is 107 cm³/mol. The molecule has 1 atom stereocenters. The lowest BCUT2D eigenvalue weighted by molar-refractivity contribution is 0.0693. The first-order valence-electron chi connectivity index (χ1n) is 7.68. The summed E-state index contributed by atoms with van der Waals surface area (Å²) in [7, 11) is 0. The van der Waals surface area contributed by atoms with Gasteiger partial charge in [-0.3, -0.25) is 0 Å². The monoisotopic (exact) mass is 394 g/mol. The molecule has 0 radical (unpaired) electrons. The Labute approximate surface area is 164 Å². The third-order valence-corrected chi connectivity index (χ3v) is 3.75. The molecule has 0 aliphatic rings. The Bertz CT molecular complexity index is 860. The van der Waals surface area contributed by atoms with Crippen molar-refractivity contribution in [1.82, 2.24) is 4.98 Å². The standard InChI is InChI=1S/C19H18N2O3.2ClH/c20-15(10-13-6-2-1-3-7-13)12-24-18-17(19(22)23)16-9-5-4-8-14(16)11-21-18;;/h1-9,11,15H,10,12,20H2,(H,22,23);2*1H/t15-;;/m1../s1. The van der Waals surface area contributed by atoms with Crippen LogP contribution in [0.4, 0.5) is 0 Å². The molecule has 5 nitrogen and oxygen atoms in total. The van der Waals surface area contributed by atoms with Gasteiger partial charge in [0, 0.05) is 23.0 Å². The average molecular weight is 395 g/mol. The van der Waals surface area contributed by atoms with Crippen LogP contribution < -0.4 is 10.5 Å². The second-order valence-electron chi connectivity index (χ2n) is 5.59. The highest BCUT2D eigenvalue weighted by Gasteiger charge is 2.18. The van der Waals surface area contributed by atoms with Crippen LogP contribution in [0.2, 0.25) is 0 Å². The van der Waals surface area contributed by atoms with Crippen molar-refractivity contribution in [3.63, 3.8) is 0 Å². The maximum Gasteiger partial charge on any atom is 0.341 e. The molecule has 0 aliphatic heterocycles. The Morgan fingerprint density at radius 2 is 1.73 bits per heavy atom. The molecule has 0 amide bonds. The molecule has 26 heavy (non-hydrogen) atoms. The lowest BCUT2D eigenvalue weighted by Gasteiger charge is -2.15. The molecule has 3 aromatic rings. The fourth-order valence-corrected chi connectivity index (χ4v) is 2.62. The van der Waals surface area contributed by atoms with E-state index in [0.29, 0.717) is 11.8 Å². The molecule has 0 saturated heterocycles. The number of nitrogens with two attached hydrogens (primary N) is 1. The highest BCUT2D eigenvalue weighted by Crippen LogP contribution is 2.25. The fourth-order valence-electron chi connectivity index (χ4n) is 2.62. The van der Waals surface area contributed by atoms with E-state index in [1.165, 1.54) is 0 Å². The molecule has 1 aromatic heterocycles. The molecule has 0 unspecified atom stereocenters. The number of ether oxygens (including phenoxy) is 1. The third kappa shape index (κ3) is 5.08. The summed E-state index contributed by atoms with van der Waals surface area (Å²) in [4.78, 5) is 15.8. The van der Waals surface area contributed by atoms with Crippen molar-refractivity contribution in [1.29, 1.82) is 0 Å². The predicted octanol–water partition coefficient (Wildman–Crippen LogP) is 3.73. The van der Waals surface area contributed by atoms with Crippen LogP contribution in [-0.4, -0.2) is 28.7 Å². The highest BCUT2D eigenvalue weighted by molar-refractivity contribution is 6.05. The van der Waals surface area contributed by atoms with Gasteiger partial charge in [0.25, 0.3) is 0 Å². The number of benzene rings is 2. The van der Waals surface area contributed by atoms with E-state index in [0.717, 1.165) is 10.9 Å². The largest absolute Gasteiger partial charge is 0.477 e. The van der Waals surface area contributed by atoms with E-state index < -0.39 is 5.97 Å². The van der Waals surface area contributed by atoms with Gasteiger partial charge in [0.15, 0.2) is 0 Å². The quantitative estimate of drug-likeness (QED) is 0.665. The van der Waals surface area contributed by atoms with Crippen LogP contribution in [0.1, 0.15) is 15.9 Å². The van der Waals surface area contributed by atoms with Crippen LogP contribution in [0.15, 0.2) is 60.8 Å². The molecular formula is C19H20Cl2N2O3. The lowest BCUT2D eigenvalue weighted by Crippen LogP contribution is -2.30. The number of hydrogen-bond donors (Lipinski definition) is 2. The molecular weight excluding hydrogens is 375 g/mol. The average Bonchev–Trinajstić information content (AvgIpc) is 2.60. The number of aromatic carboxylic acids is 1. The van der Waals surface area contributed by atoms with Gasteiger partial charge >= 0.3 is 5.97 Å². The highest BCUT2D eigenvalue weighted by atomic mass is 35.5. The SMILES string of the molecule is Cl.Cl.N[C@@H](COc1ncc2ccccc2c1C(=O)O)Cc1ccccc1. The normalized spacial score (nSPS) is 11.1. The first-order chi connectivity index (χ1) is 11.6. The Morgan fingerprint density at radius 3 is 2.42 bits per heavy atom. The van der Waals surface area contributed by atoms with E-state index >= 15 is 0 Å². The van der Waals surface area contributed by atoms with Crippen molar-refractivity contribution in [2.45, 2.75) is 12.5 Å². The second kappa shape index (κ2) is 9.97. The smallest absolute Gasteiger partial charge is 0.341 e. The van der Waals surface area contributed by atoms with E-state index in [9.17, 15) is 9.90 Å². The Balaban J connectivity index is 0.00000169. The molecule has 0 spiro atoms. The van der Waals surface area contributed by atoms with Crippen molar-refractivity contribution in [3.05, 3.63) is 71.9 Å². The van der Waals surface area contributed by atoms with Gasteiger partial charge < -0.3 is 15.6 Å². The van der Waals surface area contributed by atoms with E-state index in [4.69, 9.17) is 10.5 Å². The fraction of sp³-hybridized carbons (Fsp3) is 0.158. The molecule has 0 saturated carbocycles. The Morgan fingerprint density at radius 1 is 1.08 bits per heavy atom. The zero-order valence-electron chi connectivity index (χ0n) is 13.9. The zero-order chi connectivity index (χ0) is 16.9.